The smallest absolute Gasteiger partial charge is 0.478 e. The van der Waals surface area contributed by atoms with Crippen LogP contribution in [-0.2, 0) is 32.0 Å². The molecule has 2 aliphatic heterocycles. The second-order valence-corrected chi connectivity index (χ2v) is 12.7. The van der Waals surface area contributed by atoms with E-state index in [1.54, 1.807) is 0 Å². The first-order chi connectivity index (χ1) is 20.7. The van der Waals surface area contributed by atoms with Crippen LogP contribution in [0.4, 0.5) is 5.82 Å². The second-order valence-electron chi connectivity index (χ2n) is 9.67. The van der Waals surface area contributed by atoms with Gasteiger partial charge in [-0.05, 0) is 6.07 Å². The average molecular weight is 663 g/mol. The van der Waals surface area contributed by atoms with Gasteiger partial charge in [-0.3, -0.25) is 18.5 Å². The maximum atomic E-state index is 12.4. The minimum atomic E-state index is -5.62. The molecular weight excluding hydrogens is 636 g/mol. The number of phosphoric acid groups is 2. The van der Waals surface area contributed by atoms with Crippen LogP contribution in [0.25, 0.3) is 11.2 Å². The van der Waals surface area contributed by atoms with E-state index in [-0.39, 0.29) is 22.5 Å². The summed E-state index contributed by atoms with van der Waals surface area (Å²) in [6, 6.07) is 2.82. The Kier molecular flexibility index (Phi) is 9.13. The number of pyridine rings is 1. The predicted molar refractivity (Wildman–Crippen MR) is 137 cm³/mol. The van der Waals surface area contributed by atoms with E-state index in [2.05, 4.69) is 28.3 Å². The standard InChI is InChI=1S/C21H27N7O14P2/c22-17-12-19(25-7-24-17)28(8-26-12)21-16(32)14(30)11(41-21)6-39-44(36,37)42-43(34,35)38-5-10-13(29)15(31)20(40-10)27-3-1-2-9(4-27)18(23)33/h1-4,7-8,10-11,13-16,20-21,29-32H,5-6H2,(H5-,22,23,24,25,33,34,35,36,37)/t10-,11-,13-,14-,15+,16+,20-,21-/m1/s1. The first-order valence-electron chi connectivity index (χ1n) is 12.6. The van der Waals surface area contributed by atoms with Gasteiger partial charge >= 0.3 is 7.82 Å². The molecule has 3 aromatic heterocycles. The van der Waals surface area contributed by atoms with Gasteiger partial charge in [-0.1, -0.05) is 0 Å². The molecule has 1 amide bonds. The van der Waals surface area contributed by atoms with Crippen molar-refractivity contribution >= 4 is 38.5 Å². The highest BCUT2D eigenvalue weighted by Crippen LogP contribution is 2.58. The number of aliphatic hydroxyl groups excluding tert-OH is 4. The molecule has 9 N–H and O–H groups in total. The van der Waals surface area contributed by atoms with Crippen molar-refractivity contribution in [2.24, 2.45) is 5.73 Å². The van der Waals surface area contributed by atoms with Crippen molar-refractivity contribution in [3.05, 3.63) is 42.7 Å². The molecule has 2 saturated heterocycles. The third-order valence-corrected chi connectivity index (χ3v) is 9.30. The Hall–Kier alpha value is -3.01. The number of amides is 1. The highest BCUT2D eigenvalue weighted by atomic mass is 31.3. The number of imidazole rings is 1. The predicted octanol–water partition coefficient (Wildman–Crippen LogP) is -3.65. The zero-order valence-electron chi connectivity index (χ0n) is 22.2. The molecule has 0 aliphatic carbocycles. The van der Waals surface area contributed by atoms with Crippen LogP contribution < -0.4 is 20.9 Å². The molecule has 3 aromatic rings. The molecule has 21 nitrogen and oxygen atoms in total. The van der Waals surface area contributed by atoms with Crippen LogP contribution in [0, 0.1) is 0 Å². The lowest BCUT2D eigenvalue weighted by molar-refractivity contribution is -0.765. The molecule has 0 aromatic carbocycles. The van der Waals surface area contributed by atoms with Crippen molar-refractivity contribution in [3.63, 3.8) is 0 Å². The molecule has 0 spiro atoms. The third kappa shape index (κ3) is 6.65. The van der Waals surface area contributed by atoms with E-state index in [9.17, 15) is 44.1 Å². The van der Waals surface area contributed by atoms with Gasteiger partial charge in [-0.2, -0.15) is 4.57 Å². The second kappa shape index (κ2) is 12.4. The van der Waals surface area contributed by atoms with Crippen molar-refractivity contribution in [2.45, 2.75) is 49.1 Å². The summed E-state index contributed by atoms with van der Waals surface area (Å²) in [7, 11) is -11.0. The number of primary amides is 1. The topological polar surface area (TPSA) is 321 Å². The highest BCUT2D eigenvalue weighted by Gasteiger charge is 2.49. The molecule has 2 unspecified atom stereocenters. The Morgan fingerprint density at radius 2 is 1.73 bits per heavy atom. The van der Waals surface area contributed by atoms with E-state index in [0.717, 1.165) is 6.33 Å². The molecule has 0 saturated carbocycles. The maximum absolute atomic E-state index is 12.4. The third-order valence-electron chi connectivity index (χ3n) is 6.74. The largest absolute Gasteiger partial charge is 0.756 e. The number of fused-ring (bicyclic) bond motifs is 1. The number of phosphoric ester groups is 2. The monoisotopic (exact) mass is 663 g/mol. The number of nitrogens with two attached hydrogens (primary N) is 2. The molecular formula is C21H27N7O14P2. The number of anilines is 1. The number of aromatic nitrogens is 5. The molecule has 0 bridgehead atoms. The van der Waals surface area contributed by atoms with Gasteiger partial charge in [-0.25, -0.2) is 23.8 Å². The number of aliphatic hydroxyl groups is 4. The number of nitrogens with zero attached hydrogens (tertiary/aromatic N) is 5. The van der Waals surface area contributed by atoms with Crippen molar-refractivity contribution in [1.82, 2.24) is 19.5 Å². The summed E-state index contributed by atoms with van der Waals surface area (Å²) in [4.78, 5) is 45.5. The maximum Gasteiger partial charge on any atom is 0.478 e. The number of hydrogen-bond donors (Lipinski definition) is 7. The van der Waals surface area contributed by atoms with Gasteiger partial charge in [0.2, 0.25) is 0 Å². The zero-order chi connectivity index (χ0) is 32.0. The summed E-state index contributed by atoms with van der Waals surface area (Å²) >= 11 is 0. The fraction of sp³-hybridized carbons (Fsp3) is 0.476. The molecule has 44 heavy (non-hydrogen) atoms. The average Bonchev–Trinajstić information content (AvgIpc) is 3.61. The number of nitrogen functional groups attached to an aromatic ring is 1. The van der Waals surface area contributed by atoms with Crippen molar-refractivity contribution < 1.29 is 71.5 Å². The van der Waals surface area contributed by atoms with Gasteiger partial charge in [0, 0.05) is 6.07 Å². The summed E-state index contributed by atoms with van der Waals surface area (Å²) in [6.45, 7) is -1.89. The van der Waals surface area contributed by atoms with E-state index in [1.807, 2.05) is 0 Å². The molecule has 10 atom stereocenters. The molecule has 5 heterocycles. The first kappa shape index (κ1) is 32.4. The molecule has 23 heteroatoms. The zero-order valence-corrected chi connectivity index (χ0v) is 24.0. The van der Waals surface area contributed by atoms with Crippen LogP contribution in [0.1, 0.15) is 22.8 Å². The van der Waals surface area contributed by atoms with E-state index in [0.29, 0.717) is 0 Å². The number of hydrogen-bond acceptors (Lipinski definition) is 17. The fourth-order valence-corrected chi connectivity index (χ4v) is 6.62. The number of ether oxygens (including phenoxy) is 2. The Bertz CT molecular complexity index is 1630. The van der Waals surface area contributed by atoms with Gasteiger partial charge in [-0.15, -0.1) is 0 Å². The molecule has 2 aliphatic rings. The lowest BCUT2D eigenvalue weighted by atomic mass is 10.1. The van der Waals surface area contributed by atoms with E-state index < -0.39 is 83.8 Å². The lowest BCUT2D eigenvalue weighted by Gasteiger charge is -2.26. The van der Waals surface area contributed by atoms with Crippen LogP contribution in [-0.4, -0.2) is 101 Å². The van der Waals surface area contributed by atoms with E-state index >= 15 is 0 Å². The first-order valence-corrected chi connectivity index (χ1v) is 15.5. The van der Waals surface area contributed by atoms with Gasteiger partial charge < -0.3 is 55.7 Å². The number of rotatable bonds is 11. The van der Waals surface area contributed by atoms with Crippen molar-refractivity contribution in [1.29, 1.82) is 0 Å². The minimum Gasteiger partial charge on any atom is -0.756 e. The highest BCUT2D eigenvalue weighted by molar-refractivity contribution is 7.60. The SMILES string of the molecule is NC(=O)c1ccc[n+]([C@@H]2O[C@H](COP(=O)([O-])OP(=O)(O)OC[C@H]3O[C@@H](n4cnc5c(N)ncnc54)[C@@H](O)[C@@H]3O)[C@@H](O)[C@@H]2O)c1. The van der Waals surface area contributed by atoms with Crippen molar-refractivity contribution in [2.75, 3.05) is 18.9 Å². The van der Waals surface area contributed by atoms with Gasteiger partial charge in [0.1, 0.15) is 47.9 Å². The van der Waals surface area contributed by atoms with Crippen LogP contribution >= 0.6 is 15.6 Å². The summed E-state index contributed by atoms with van der Waals surface area (Å²) in [5.74, 6) is -0.729. The van der Waals surface area contributed by atoms with E-state index in [1.165, 1.54) is 40.0 Å². The van der Waals surface area contributed by atoms with Crippen LogP contribution in [0.2, 0.25) is 0 Å². The van der Waals surface area contributed by atoms with Crippen LogP contribution in [0.15, 0.2) is 37.2 Å². The Morgan fingerprint density at radius 3 is 2.45 bits per heavy atom. The Morgan fingerprint density at radius 1 is 1.05 bits per heavy atom. The molecule has 240 valence electrons. The van der Waals surface area contributed by atoms with Gasteiger partial charge in [0.15, 0.2) is 36.2 Å². The quantitative estimate of drug-likeness (QED) is 0.0768. The normalized spacial score (nSPS) is 31.6. The van der Waals surface area contributed by atoms with E-state index in [4.69, 9.17) is 20.9 Å². The summed E-state index contributed by atoms with van der Waals surface area (Å²) in [5, 5.41) is 41.6. The summed E-state index contributed by atoms with van der Waals surface area (Å²) < 4.78 is 51.5. The summed E-state index contributed by atoms with van der Waals surface area (Å²) in [6.07, 6.45) is -7.05. The summed E-state index contributed by atoms with van der Waals surface area (Å²) in [5.41, 5.74) is 11.4. The molecule has 0 radical (unpaired) electrons. The van der Waals surface area contributed by atoms with Gasteiger partial charge in [0.25, 0.3) is 20.0 Å². The lowest BCUT2D eigenvalue weighted by Crippen LogP contribution is -2.46. The molecule has 5 rings (SSSR count). The van der Waals surface area contributed by atoms with Crippen LogP contribution in [0.5, 0.6) is 0 Å². The number of carbonyl (C=O) groups is 1. The van der Waals surface area contributed by atoms with Crippen molar-refractivity contribution in [3.8, 4) is 0 Å². The fourth-order valence-electron chi connectivity index (χ4n) is 4.57. The Balaban J connectivity index is 1.16. The Labute approximate surface area is 246 Å². The number of carbonyl (C=O) groups excluding carboxylic acids is 1. The minimum absolute atomic E-state index is 0.0446. The van der Waals surface area contributed by atoms with Gasteiger partial charge in [0.05, 0.1) is 19.5 Å². The molecule has 2 fully saturated rings. The van der Waals surface area contributed by atoms with Crippen LogP contribution in [0.3, 0.4) is 0 Å².